The van der Waals surface area contributed by atoms with Gasteiger partial charge in [0.15, 0.2) is 0 Å². The number of nitrogens with one attached hydrogen (secondary N) is 2. The highest BCUT2D eigenvalue weighted by Crippen LogP contribution is 2.41. The molecule has 1 aromatic carbocycles. The number of halogens is 2. The number of nitriles is 1. The van der Waals surface area contributed by atoms with Crippen molar-refractivity contribution in [2.75, 3.05) is 23.3 Å². The first-order valence-electron chi connectivity index (χ1n) is 9.64. The second kappa shape index (κ2) is 8.21. The normalized spacial score (nSPS) is 21.2. The van der Waals surface area contributed by atoms with Crippen molar-refractivity contribution < 1.29 is 9.59 Å². The molecule has 4 N–H and O–H groups in total. The fourth-order valence-electron chi connectivity index (χ4n) is 4.11. The van der Waals surface area contributed by atoms with Crippen molar-refractivity contribution in [3.8, 4) is 6.07 Å². The van der Waals surface area contributed by atoms with E-state index in [1.54, 1.807) is 12.1 Å². The molecule has 31 heavy (non-hydrogen) atoms. The van der Waals surface area contributed by atoms with E-state index in [-0.39, 0.29) is 34.2 Å². The van der Waals surface area contributed by atoms with Crippen LogP contribution in [0.4, 0.5) is 11.8 Å². The molecule has 0 spiro atoms. The first-order valence-corrected chi connectivity index (χ1v) is 10.4. The fourth-order valence-corrected chi connectivity index (χ4v) is 4.64. The monoisotopic (exact) mass is 460 g/mol. The molecule has 9 nitrogen and oxygen atoms in total. The molecule has 1 saturated heterocycles. The lowest BCUT2D eigenvalue weighted by Gasteiger charge is -2.33. The van der Waals surface area contributed by atoms with E-state index in [4.69, 9.17) is 28.9 Å². The summed E-state index contributed by atoms with van der Waals surface area (Å²) in [6.45, 7) is 0.965. The highest BCUT2D eigenvalue weighted by atomic mass is 35.5. The molecular formula is C20H18Cl2N6O3. The minimum atomic E-state index is -1.16. The number of H-pyrrole nitrogens is 1. The number of piperidine rings is 1. The van der Waals surface area contributed by atoms with Crippen LogP contribution in [0.2, 0.25) is 10.0 Å². The van der Waals surface area contributed by atoms with Gasteiger partial charge < -0.3 is 16.0 Å². The molecular weight excluding hydrogens is 443 g/mol. The minimum Gasteiger partial charge on any atom is -0.369 e. The molecule has 0 saturated carbocycles. The molecule has 4 rings (SSSR count). The second-order valence-corrected chi connectivity index (χ2v) is 8.40. The molecule has 11 heteroatoms. The quantitative estimate of drug-likeness (QED) is 0.638. The molecule has 0 radical (unpaired) electrons. The SMILES string of the molecule is N#CC1C(=O)Nc2nc(N3CCC(C(N)=O)CC3)[nH]c(=O)c2C1c1ccc(Cl)cc1Cl. The van der Waals surface area contributed by atoms with E-state index in [1.807, 2.05) is 11.0 Å². The molecule has 0 bridgehead atoms. The van der Waals surface area contributed by atoms with Gasteiger partial charge in [0, 0.05) is 35.0 Å². The van der Waals surface area contributed by atoms with Gasteiger partial charge in [-0.25, -0.2) is 0 Å². The third-order valence-electron chi connectivity index (χ3n) is 5.74. The number of anilines is 2. The van der Waals surface area contributed by atoms with Crippen LogP contribution >= 0.6 is 23.2 Å². The molecule has 160 valence electrons. The maximum Gasteiger partial charge on any atom is 0.258 e. The maximum absolute atomic E-state index is 13.1. The van der Waals surface area contributed by atoms with Crippen LogP contribution in [0.1, 0.15) is 29.9 Å². The van der Waals surface area contributed by atoms with Crippen molar-refractivity contribution in [3.63, 3.8) is 0 Å². The minimum absolute atomic E-state index is 0.0864. The summed E-state index contributed by atoms with van der Waals surface area (Å²) >= 11 is 12.3. The predicted molar refractivity (Wildman–Crippen MR) is 115 cm³/mol. The predicted octanol–water partition coefficient (Wildman–Crippen LogP) is 2.00. The third-order valence-corrected chi connectivity index (χ3v) is 6.31. The Bertz CT molecular complexity index is 1170. The number of amides is 2. The summed E-state index contributed by atoms with van der Waals surface area (Å²) in [6.07, 6.45) is 1.09. The molecule has 2 aliphatic rings. The molecule has 3 heterocycles. The van der Waals surface area contributed by atoms with Crippen molar-refractivity contribution in [1.29, 1.82) is 5.26 Å². The van der Waals surface area contributed by atoms with Crippen LogP contribution in [0.25, 0.3) is 0 Å². The Hall–Kier alpha value is -3.09. The van der Waals surface area contributed by atoms with Crippen molar-refractivity contribution >= 4 is 46.8 Å². The number of hydrogen-bond acceptors (Lipinski definition) is 6. The van der Waals surface area contributed by atoms with E-state index in [0.29, 0.717) is 36.5 Å². The number of benzene rings is 1. The summed E-state index contributed by atoms with van der Waals surface area (Å²) in [5.74, 6) is -2.82. The summed E-state index contributed by atoms with van der Waals surface area (Å²) in [6, 6.07) is 6.65. The maximum atomic E-state index is 13.1. The van der Waals surface area contributed by atoms with Gasteiger partial charge in [-0.2, -0.15) is 10.2 Å². The number of rotatable bonds is 3. The summed E-state index contributed by atoms with van der Waals surface area (Å²) in [7, 11) is 0. The lowest BCUT2D eigenvalue weighted by molar-refractivity contribution is -0.122. The Balaban J connectivity index is 1.77. The van der Waals surface area contributed by atoms with Crippen LogP contribution in [-0.4, -0.2) is 34.9 Å². The number of carbonyl (C=O) groups is 2. The smallest absolute Gasteiger partial charge is 0.258 e. The van der Waals surface area contributed by atoms with Gasteiger partial charge in [-0.3, -0.25) is 19.4 Å². The topological polar surface area (TPSA) is 145 Å². The fraction of sp³-hybridized carbons (Fsp3) is 0.350. The Labute approximate surface area is 187 Å². The molecule has 1 fully saturated rings. The van der Waals surface area contributed by atoms with Gasteiger partial charge in [0.1, 0.15) is 11.7 Å². The highest BCUT2D eigenvalue weighted by Gasteiger charge is 2.41. The van der Waals surface area contributed by atoms with Crippen LogP contribution in [0.3, 0.4) is 0 Å². The number of aromatic nitrogens is 2. The van der Waals surface area contributed by atoms with Crippen molar-refractivity contribution in [2.45, 2.75) is 18.8 Å². The van der Waals surface area contributed by atoms with Gasteiger partial charge in [0.05, 0.1) is 11.6 Å². The van der Waals surface area contributed by atoms with E-state index in [1.165, 1.54) is 6.07 Å². The van der Waals surface area contributed by atoms with Crippen LogP contribution < -0.4 is 21.5 Å². The lowest BCUT2D eigenvalue weighted by Crippen LogP contribution is -2.42. The van der Waals surface area contributed by atoms with Crippen molar-refractivity contribution in [3.05, 3.63) is 49.7 Å². The Morgan fingerprint density at radius 2 is 1.97 bits per heavy atom. The van der Waals surface area contributed by atoms with Gasteiger partial charge >= 0.3 is 0 Å². The third kappa shape index (κ3) is 3.84. The van der Waals surface area contributed by atoms with Gasteiger partial charge in [0.2, 0.25) is 17.8 Å². The molecule has 2 amide bonds. The Morgan fingerprint density at radius 3 is 2.58 bits per heavy atom. The number of hydrogen-bond donors (Lipinski definition) is 3. The molecule has 1 aromatic heterocycles. The number of primary amides is 1. The van der Waals surface area contributed by atoms with E-state index in [0.717, 1.165) is 0 Å². The first kappa shape index (κ1) is 21.2. The molecule has 2 atom stereocenters. The van der Waals surface area contributed by atoms with Crippen LogP contribution in [-0.2, 0) is 9.59 Å². The summed E-state index contributed by atoms with van der Waals surface area (Å²) in [4.78, 5) is 46.2. The van der Waals surface area contributed by atoms with E-state index < -0.39 is 23.3 Å². The number of aromatic amines is 1. The Morgan fingerprint density at radius 1 is 1.26 bits per heavy atom. The summed E-state index contributed by atoms with van der Waals surface area (Å²) < 4.78 is 0. The summed E-state index contributed by atoms with van der Waals surface area (Å²) in [5, 5.41) is 12.8. The Kier molecular flexibility index (Phi) is 5.60. The standard InChI is InChI=1S/C20H18Cl2N6O3/c21-10-1-2-11(13(22)7-10)14-12(8-23)18(30)25-17-15(14)19(31)27-20(26-17)28-5-3-9(4-6-28)16(24)29/h1-2,7,9,12,14H,3-6H2,(H2,24,29)(H2,25,26,27,30,31). The van der Waals surface area contributed by atoms with Crippen molar-refractivity contribution in [1.82, 2.24) is 9.97 Å². The van der Waals surface area contributed by atoms with E-state index >= 15 is 0 Å². The average Bonchev–Trinajstić information content (AvgIpc) is 2.73. The number of fused-ring (bicyclic) bond motifs is 1. The van der Waals surface area contributed by atoms with Crippen LogP contribution in [0.15, 0.2) is 23.0 Å². The van der Waals surface area contributed by atoms with Gasteiger partial charge in [-0.1, -0.05) is 29.3 Å². The number of nitrogens with two attached hydrogens (primary N) is 1. The molecule has 2 aliphatic heterocycles. The van der Waals surface area contributed by atoms with Crippen LogP contribution in [0, 0.1) is 23.2 Å². The first-order chi connectivity index (χ1) is 14.8. The van der Waals surface area contributed by atoms with E-state index in [9.17, 15) is 19.6 Å². The largest absolute Gasteiger partial charge is 0.369 e. The zero-order chi connectivity index (χ0) is 22.3. The second-order valence-electron chi connectivity index (χ2n) is 7.56. The van der Waals surface area contributed by atoms with Gasteiger partial charge in [-0.15, -0.1) is 0 Å². The molecule has 2 aromatic rings. The number of nitrogens with zero attached hydrogens (tertiary/aromatic N) is 3. The molecule has 2 unspecified atom stereocenters. The molecule has 0 aliphatic carbocycles. The number of carbonyl (C=O) groups excluding carboxylic acids is 2. The summed E-state index contributed by atoms with van der Waals surface area (Å²) in [5.41, 5.74) is 5.50. The lowest BCUT2D eigenvalue weighted by atomic mass is 9.79. The van der Waals surface area contributed by atoms with Crippen molar-refractivity contribution in [2.24, 2.45) is 17.6 Å². The zero-order valence-corrected chi connectivity index (χ0v) is 17.7. The van der Waals surface area contributed by atoms with Crippen LogP contribution in [0.5, 0.6) is 0 Å². The zero-order valence-electron chi connectivity index (χ0n) is 16.2. The average molecular weight is 461 g/mol. The van der Waals surface area contributed by atoms with Gasteiger partial charge in [0.25, 0.3) is 5.56 Å². The van der Waals surface area contributed by atoms with E-state index in [2.05, 4.69) is 15.3 Å². The highest BCUT2D eigenvalue weighted by molar-refractivity contribution is 6.35. The van der Waals surface area contributed by atoms with Gasteiger partial charge in [-0.05, 0) is 30.5 Å².